The highest BCUT2D eigenvalue weighted by molar-refractivity contribution is 7.38. The lowest BCUT2D eigenvalue weighted by molar-refractivity contribution is 0.411. The Bertz CT molecular complexity index is 345. The highest BCUT2D eigenvalue weighted by Gasteiger charge is 2.24. The van der Waals surface area contributed by atoms with Crippen LogP contribution in [-0.2, 0) is 26.0 Å². The van der Waals surface area contributed by atoms with E-state index in [4.69, 9.17) is 16.9 Å². The molecule has 0 atom stereocenters. The average molecular weight is 453 g/mol. The van der Waals surface area contributed by atoms with Crippen LogP contribution in [0.1, 0.15) is 0 Å². The van der Waals surface area contributed by atoms with Crippen molar-refractivity contribution in [2.45, 2.75) is 78.6 Å². The van der Waals surface area contributed by atoms with E-state index in [1.807, 2.05) is 78.6 Å². The molecule has 148 valence electrons. The summed E-state index contributed by atoms with van der Waals surface area (Å²) in [6.07, 6.45) is 0. The van der Waals surface area contributed by atoms with Crippen molar-refractivity contribution in [3.63, 3.8) is 0 Å². The van der Waals surface area contributed by atoms with Crippen molar-refractivity contribution in [2.75, 3.05) is 0 Å². The maximum atomic E-state index is 11.3. The second kappa shape index (κ2) is 10.5. The summed E-state index contributed by atoms with van der Waals surface area (Å²) in [5.41, 5.74) is 0. The predicted molar refractivity (Wildman–Crippen MR) is 116 cm³/mol. The van der Waals surface area contributed by atoms with Crippen LogP contribution in [0.15, 0.2) is 0 Å². The van der Waals surface area contributed by atoms with Gasteiger partial charge in [0, 0.05) is 0 Å². The Labute approximate surface area is 154 Å². The van der Waals surface area contributed by atoms with Gasteiger partial charge in [0.2, 0.25) is 0 Å². The Balaban J connectivity index is 0. The summed E-state index contributed by atoms with van der Waals surface area (Å²) in [6.45, 7) is 24.0. The first-order valence-electron chi connectivity index (χ1n) is 8.04. The molecule has 0 aliphatic rings. The second-order valence-corrected chi connectivity index (χ2v) is 30.5. The molecule has 0 aliphatic carbocycles. The molecule has 6 nitrogen and oxygen atoms in total. The van der Waals surface area contributed by atoms with Crippen LogP contribution in [0.2, 0.25) is 78.6 Å². The second-order valence-electron chi connectivity index (χ2n) is 9.36. The maximum absolute atomic E-state index is 11.3. The van der Waals surface area contributed by atoms with E-state index in [2.05, 4.69) is 0 Å². The van der Waals surface area contributed by atoms with Crippen molar-refractivity contribution in [3.8, 4) is 0 Å². The SMILES string of the molecule is C[Si](C)(C)O[PH](=O)O[Si](C)(C)C.C[Si](C)(C)O[PH](=O)O[Si](C)(C)C. The average Bonchev–Trinajstić information content (AvgIpc) is 2.02. The standard InChI is InChI=1S/2C6H19O3PSi2/c2*1-11(2,3)8-10(7)9-12(4,5)6/h2*10H,1-6H3. The maximum Gasteiger partial charge on any atom is 0.299 e. The molecule has 0 heterocycles. The third kappa shape index (κ3) is 25.4. The smallest absolute Gasteiger partial charge is 0.299 e. The van der Waals surface area contributed by atoms with Crippen LogP contribution in [0.4, 0.5) is 0 Å². The van der Waals surface area contributed by atoms with E-state index in [-0.39, 0.29) is 0 Å². The zero-order valence-electron chi connectivity index (χ0n) is 17.4. The third-order valence-electron chi connectivity index (χ3n) is 1.56. The molecule has 0 aromatic rings. The topological polar surface area (TPSA) is 71.1 Å². The zero-order valence-corrected chi connectivity index (χ0v) is 23.4. The van der Waals surface area contributed by atoms with Crippen LogP contribution >= 0.6 is 16.5 Å². The lowest BCUT2D eigenvalue weighted by Gasteiger charge is -2.21. The minimum absolute atomic E-state index is 1.69. The molecule has 0 aromatic heterocycles. The van der Waals surface area contributed by atoms with Crippen LogP contribution in [0, 0.1) is 0 Å². The molecule has 0 fully saturated rings. The Morgan fingerprint density at radius 1 is 0.417 bits per heavy atom. The minimum Gasteiger partial charge on any atom is -0.354 e. The fraction of sp³-hybridized carbons (Fsp3) is 1.00. The van der Waals surface area contributed by atoms with Gasteiger partial charge in [-0.25, -0.2) is 0 Å². The predicted octanol–water partition coefficient (Wildman–Crippen LogP) is 6.16. The zero-order chi connectivity index (χ0) is 20.0. The molecule has 0 saturated carbocycles. The van der Waals surface area contributed by atoms with E-state index in [0.29, 0.717) is 0 Å². The molecule has 0 radical (unpaired) electrons. The normalized spacial score (nSPS) is 13.9. The summed E-state index contributed by atoms with van der Waals surface area (Å²) in [4.78, 5) is 0. The Hall–Kier alpha value is 1.17. The van der Waals surface area contributed by atoms with Crippen LogP contribution < -0.4 is 0 Å². The molecule has 0 aromatic carbocycles. The fourth-order valence-electron chi connectivity index (χ4n) is 1.04. The van der Waals surface area contributed by atoms with Gasteiger partial charge in [-0.05, 0) is 78.6 Å². The van der Waals surface area contributed by atoms with E-state index in [0.717, 1.165) is 0 Å². The highest BCUT2D eigenvalue weighted by atomic mass is 31.1. The van der Waals surface area contributed by atoms with Crippen LogP contribution in [0.3, 0.4) is 0 Å². The fourth-order valence-corrected chi connectivity index (χ4v) is 10.1. The quantitative estimate of drug-likeness (QED) is 0.324. The number of hydrogen-bond acceptors (Lipinski definition) is 6. The number of hydrogen-bond donors (Lipinski definition) is 0. The van der Waals surface area contributed by atoms with E-state index in [1.165, 1.54) is 0 Å². The van der Waals surface area contributed by atoms with Crippen LogP contribution in [-0.4, -0.2) is 33.3 Å². The van der Waals surface area contributed by atoms with E-state index in [9.17, 15) is 9.13 Å². The van der Waals surface area contributed by atoms with Gasteiger partial charge in [-0.2, -0.15) is 0 Å². The van der Waals surface area contributed by atoms with Crippen molar-refractivity contribution < 1.29 is 26.0 Å². The molecule has 0 bridgehead atoms. The first kappa shape index (κ1) is 27.4. The van der Waals surface area contributed by atoms with Crippen molar-refractivity contribution in [1.29, 1.82) is 0 Å². The summed E-state index contributed by atoms with van der Waals surface area (Å²) in [5, 5.41) is 0. The van der Waals surface area contributed by atoms with Crippen LogP contribution in [0.5, 0.6) is 0 Å². The number of rotatable bonds is 8. The summed E-state index contributed by atoms with van der Waals surface area (Å²) in [5.74, 6) is 0. The molecule has 0 aliphatic heterocycles. The first-order valence-corrected chi connectivity index (χ1v) is 24.1. The molecule has 0 unspecified atom stereocenters. The van der Waals surface area contributed by atoms with Crippen molar-refractivity contribution >= 4 is 49.8 Å². The Kier molecular flexibility index (Phi) is 12.0. The molecular formula is C12H38O6P2Si4. The summed E-state index contributed by atoms with van der Waals surface area (Å²) in [7, 11) is -11.2. The molecule has 0 saturated heterocycles. The van der Waals surface area contributed by atoms with Gasteiger partial charge in [-0.3, -0.25) is 9.13 Å². The van der Waals surface area contributed by atoms with Gasteiger partial charge >= 0.3 is 0 Å². The molecular weight excluding hydrogens is 414 g/mol. The van der Waals surface area contributed by atoms with E-state index < -0.39 is 49.8 Å². The highest BCUT2D eigenvalue weighted by Crippen LogP contribution is 2.33. The third-order valence-corrected chi connectivity index (χ3v) is 14.0. The van der Waals surface area contributed by atoms with Gasteiger partial charge in [0.1, 0.15) is 0 Å². The molecule has 24 heavy (non-hydrogen) atoms. The molecule has 0 amide bonds. The van der Waals surface area contributed by atoms with Gasteiger partial charge in [-0.15, -0.1) is 0 Å². The molecule has 0 spiro atoms. The van der Waals surface area contributed by atoms with Crippen molar-refractivity contribution in [1.82, 2.24) is 0 Å². The van der Waals surface area contributed by atoms with Gasteiger partial charge in [0.05, 0.1) is 0 Å². The lowest BCUT2D eigenvalue weighted by Crippen LogP contribution is -2.26. The monoisotopic (exact) mass is 452 g/mol. The Morgan fingerprint density at radius 3 is 0.625 bits per heavy atom. The molecule has 0 N–H and O–H groups in total. The summed E-state index contributed by atoms with van der Waals surface area (Å²) >= 11 is 0. The van der Waals surface area contributed by atoms with Gasteiger partial charge in [0.25, 0.3) is 16.5 Å². The van der Waals surface area contributed by atoms with Crippen molar-refractivity contribution in [2.24, 2.45) is 0 Å². The van der Waals surface area contributed by atoms with Crippen molar-refractivity contribution in [3.05, 3.63) is 0 Å². The summed E-state index contributed by atoms with van der Waals surface area (Å²) in [6, 6.07) is 0. The molecule has 0 rings (SSSR count). The minimum atomic E-state index is -2.23. The van der Waals surface area contributed by atoms with Gasteiger partial charge in [0.15, 0.2) is 33.3 Å². The van der Waals surface area contributed by atoms with E-state index in [1.54, 1.807) is 0 Å². The molecule has 12 heteroatoms. The summed E-state index contributed by atoms with van der Waals surface area (Å²) < 4.78 is 43.8. The van der Waals surface area contributed by atoms with Crippen LogP contribution in [0.25, 0.3) is 0 Å². The van der Waals surface area contributed by atoms with E-state index >= 15 is 0 Å². The van der Waals surface area contributed by atoms with Gasteiger partial charge < -0.3 is 16.9 Å². The largest absolute Gasteiger partial charge is 0.354 e. The van der Waals surface area contributed by atoms with Gasteiger partial charge in [-0.1, -0.05) is 0 Å². The Morgan fingerprint density at radius 2 is 0.542 bits per heavy atom. The first-order chi connectivity index (χ1) is 10.2. The lowest BCUT2D eigenvalue weighted by atomic mass is 11.8.